The maximum Gasteiger partial charge on any atom is 0.348 e. The summed E-state index contributed by atoms with van der Waals surface area (Å²) in [7, 11) is 1.52. The van der Waals surface area contributed by atoms with Crippen molar-refractivity contribution in [1.82, 2.24) is 9.97 Å². The van der Waals surface area contributed by atoms with E-state index < -0.39 is 5.97 Å². The number of esters is 1. The molecule has 0 aliphatic heterocycles. The highest BCUT2D eigenvalue weighted by molar-refractivity contribution is 7.20. The van der Waals surface area contributed by atoms with E-state index in [-0.39, 0.29) is 12.2 Å². The van der Waals surface area contributed by atoms with Gasteiger partial charge < -0.3 is 19.2 Å². The van der Waals surface area contributed by atoms with Crippen LogP contribution in [0.5, 0.6) is 11.5 Å². The molecular formula is C21H21ClN2O5S. The summed E-state index contributed by atoms with van der Waals surface area (Å²) in [5, 5.41) is 0.805. The average Bonchev–Trinajstić information content (AvgIpc) is 3.04. The number of rotatable bonds is 7. The third-order valence-corrected chi connectivity index (χ3v) is 5.70. The number of thiophene rings is 1. The summed E-state index contributed by atoms with van der Waals surface area (Å²) in [5.41, 5.74) is 1.01. The fraction of sp³-hybridized carbons (Fsp3) is 0.286. The van der Waals surface area contributed by atoms with Gasteiger partial charge in [-0.3, -0.25) is 4.79 Å². The summed E-state index contributed by atoms with van der Waals surface area (Å²) in [6, 6.07) is 3.51. The number of H-pyrrole nitrogens is 1. The third-order valence-electron chi connectivity index (χ3n) is 4.25. The van der Waals surface area contributed by atoms with Crippen LogP contribution < -0.4 is 15.0 Å². The predicted molar refractivity (Wildman–Crippen MR) is 119 cm³/mol. The molecule has 3 rings (SSSR count). The van der Waals surface area contributed by atoms with Gasteiger partial charge in [0, 0.05) is 0 Å². The van der Waals surface area contributed by atoms with Gasteiger partial charge in [0.05, 0.1) is 30.7 Å². The third kappa shape index (κ3) is 4.34. The molecule has 0 radical (unpaired) electrons. The lowest BCUT2D eigenvalue weighted by Crippen LogP contribution is -2.10. The van der Waals surface area contributed by atoms with Gasteiger partial charge in [-0.2, -0.15) is 0 Å². The monoisotopic (exact) mass is 448 g/mol. The van der Waals surface area contributed by atoms with Crippen LogP contribution in [0.15, 0.2) is 16.9 Å². The molecule has 9 heteroatoms. The number of methoxy groups -OCH3 is 1. The lowest BCUT2D eigenvalue weighted by molar-refractivity contribution is 0.0531. The molecule has 0 saturated carbocycles. The lowest BCUT2D eigenvalue weighted by Gasteiger charge is -2.11. The number of hydrogen-bond acceptors (Lipinski definition) is 7. The number of benzene rings is 1. The highest BCUT2D eigenvalue weighted by atomic mass is 35.5. The van der Waals surface area contributed by atoms with Gasteiger partial charge in [-0.25, -0.2) is 9.78 Å². The number of aromatic amines is 1. The Morgan fingerprint density at radius 3 is 2.70 bits per heavy atom. The first-order valence-corrected chi connectivity index (χ1v) is 10.5. The Morgan fingerprint density at radius 1 is 1.27 bits per heavy atom. The first kappa shape index (κ1) is 21.9. The number of hydrogen-bond donors (Lipinski definition) is 1. The standard InChI is InChI=1S/C21H21ClN2O5S/c1-5-28-14-10-12(9-13(22)17(14)27-4)7-8-15-23-19(25)16-11(3)18(21(26)29-6-2)30-20(16)24-15/h7-10H,5-6H2,1-4H3,(H,23,24,25)/b8-7+. The number of ether oxygens (including phenoxy) is 3. The lowest BCUT2D eigenvalue weighted by atomic mass is 10.2. The zero-order chi connectivity index (χ0) is 21.8. The molecule has 0 atom stereocenters. The molecule has 7 nitrogen and oxygen atoms in total. The van der Waals surface area contributed by atoms with Crippen molar-refractivity contribution in [1.29, 1.82) is 0 Å². The molecule has 0 spiro atoms. The van der Waals surface area contributed by atoms with E-state index in [0.717, 1.165) is 16.9 Å². The Hall–Kier alpha value is -2.84. The Kier molecular flexibility index (Phi) is 6.79. The summed E-state index contributed by atoms with van der Waals surface area (Å²) in [6.45, 7) is 6.04. The molecule has 0 fully saturated rings. The largest absolute Gasteiger partial charge is 0.491 e. The number of aryl methyl sites for hydroxylation is 1. The zero-order valence-corrected chi connectivity index (χ0v) is 18.6. The van der Waals surface area contributed by atoms with Crippen molar-refractivity contribution in [3.63, 3.8) is 0 Å². The molecule has 1 N–H and O–H groups in total. The van der Waals surface area contributed by atoms with Crippen LogP contribution in [0.3, 0.4) is 0 Å². The van der Waals surface area contributed by atoms with Gasteiger partial charge in [-0.05, 0) is 50.1 Å². The molecule has 1 aromatic carbocycles. The van der Waals surface area contributed by atoms with E-state index in [1.807, 2.05) is 6.92 Å². The second kappa shape index (κ2) is 9.32. The van der Waals surface area contributed by atoms with Crippen molar-refractivity contribution < 1.29 is 19.0 Å². The highest BCUT2D eigenvalue weighted by Gasteiger charge is 2.20. The van der Waals surface area contributed by atoms with Crippen LogP contribution in [0.25, 0.3) is 22.4 Å². The SMILES string of the molecule is CCOC(=O)c1sc2nc(/C=C/c3cc(Cl)c(OC)c(OCC)c3)[nH]c(=O)c2c1C. The van der Waals surface area contributed by atoms with Crippen LogP contribution in [-0.2, 0) is 4.74 Å². The van der Waals surface area contributed by atoms with Crippen molar-refractivity contribution in [2.75, 3.05) is 20.3 Å². The van der Waals surface area contributed by atoms with Gasteiger partial charge in [0.25, 0.3) is 5.56 Å². The molecule has 2 aromatic heterocycles. The molecule has 0 aliphatic carbocycles. The molecule has 0 bridgehead atoms. The predicted octanol–water partition coefficient (Wildman–Crippen LogP) is 4.70. The zero-order valence-electron chi connectivity index (χ0n) is 17.0. The van der Waals surface area contributed by atoms with Crippen molar-refractivity contribution >= 4 is 51.3 Å². The van der Waals surface area contributed by atoms with E-state index in [0.29, 0.717) is 49.6 Å². The number of aromatic nitrogens is 2. The Morgan fingerprint density at radius 2 is 2.03 bits per heavy atom. The van der Waals surface area contributed by atoms with Gasteiger partial charge in [0.1, 0.15) is 15.5 Å². The van der Waals surface area contributed by atoms with E-state index in [1.54, 1.807) is 38.1 Å². The quantitative estimate of drug-likeness (QED) is 0.527. The van der Waals surface area contributed by atoms with Crippen LogP contribution >= 0.6 is 22.9 Å². The Balaban J connectivity index is 1.99. The van der Waals surface area contributed by atoms with E-state index in [1.165, 1.54) is 7.11 Å². The number of carbonyl (C=O) groups excluding carboxylic acids is 1. The van der Waals surface area contributed by atoms with Crippen LogP contribution in [0.4, 0.5) is 0 Å². The van der Waals surface area contributed by atoms with Crippen LogP contribution in [0.2, 0.25) is 5.02 Å². The molecule has 158 valence electrons. The molecule has 2 heterocycles. The van der Waals surface area contributed by atoms with Crippen LogP contribution in [-0.4, -0.2) is 36.3 Å². The highest BCUT2D eigenvalue weighted by Crippen LogP contribution is 2.36. The van der Waals surface area contributed by atoms with Crippen molar-refractivity contribution in [2.24, 2.45) is 0 Å². The minimum absolute atomic E-state index is 0.262. The second-order valence-electron chi connectivity index (χ2n) is 6.21. The first-order chi connectivity index (χ1) is 14.4. The molecular weight excluding hydrogens is 428 g/mol. The minimum atomic E-state index is -0.453. The maximum absolute atomic E-state index is 12.6. The molecule has 0 aliphatic rings. The summed E-state index contributed by atoms with van der Waals surface area (Å²) < 4.78 is 15.9. The Bertz CT molecular complexity index is 1180. The fourth-order valence-corrected chi connectivity index (χ4v) is 4.33. The van der Waals surface area contributed by atoms with E-state index in [9.17, 15) is 9.59 Å². The molecule has 0 unspecified atom stereocenters. The summed E-state index contributed by atoms with van der Waals surface area (Å²) in [4.78, 5) is 32.7. The van der Waals surface area contributed by atoms with Gasteiger partial charge in [-0.15, -0.1) is 11.3 Å². The molecule has 30 heavy (non-hydrogen) atoms. The summed E-state index contributed by atoms with van der Waals surface area (Å²) in [6.07, 6.45) is 3.42. The topological polar surface area (TPSA) is 90.5 Å². The average molecular weight is 449 g/mol. The molecule has 0 amide bonds. The summed E-state index contributed by atoms with van der Waals surface area (Å²) >= 11 is 7.42. The number of carbonyl (C=O) groups is 1. The molecule has 0 saturated heterocycles. The number of halogens is 1. The van der Waals surface area contributed by atoms with E-state index in [2.05, 4.69) is 9.97 Å². The van der Waals surface area contributed by atoms with Gasteiger partial charge >= 0.3 is 5.97 Å². The van der Waals surface area contributed by atoms with Crippen LogP contribution in [0.1, 0.15) is 40.5 Å². The van der Waals surface area contributed by atoms with Gasteiger partial charge in [-0.1, -0.05) is 17.7 Å². The smallest absolute Gasteiger partial charge is 0.348 e. The number of fused-ring (bicyclic) bond motifs is 1. The maximum atomic E-state index is 12.6. The normalized spacial score (nSPS) is 11.2. The number of nitrogens with one attached hydrogen (secondary N) is 1. The second-order valence-corrected chi connectivity index (χ2v) is 7.61. The van der Waals surface area contributed by atoms with Crippen molar-refractivity contribution in [3.8, 4) is 11.5 Å². The van der Waals surface area contributed by atoms with Gasteiger partial charge in [0.2, 0.25) is 0 Å². The van der Waals surface area contributed by atoms with Crippen molar-refractivity contribution in [3.05, 3.63) is 49.3 Å². The Labute approximate surface area is 182 Å². The van der Waals surface area contributed by atoms with E-state index >= 15 is 0 Å². The van der Waals surface area contributed by atoms with Crippen molar-refractivity contribution in [2.45, 2.75) is 20.8 Å². The van der Waals surface area contributed by atoms with E-state index in [4.69, 9.17) is 25.8 Å². The fourth-order valence-electron chi connectivity index (χ4n) is 2.95. The van der Waals surface area contributed by atoms with Gasteiger partial charge in [0.15, 0.2) is 11.5 Å². The molecule has 3 aromatic rings. The summed E-state index contributed by atoms with van der Waals surface area (Å²) in [5.74, 6) is 0.890. The minimum Gasteiger partial charge on any atom is -0.491 e. The first-order valence-electron chi connectivity index (χ1n) is 9.28. The van der Waals surface area contributed by atoms with Crippen LogP contribution in [0, 0.1) is 6.92 Å². The number of nitrogens with zero attached hydrogens (tertiary/aromatic N) is 1.